The van der Waals surface area contributed by atoms with E-state index in [0.29, 0.717) is 5.92 Å². The van der Waals surface area contributed by atoms with Crippen molar-refractivity contribution in [3.8, 4) is 0 Å². The minimum Gasteiger partial charge on any atom is -0.462 e. The van der Waals surface area contributed by atoms with E-state index >= 15 is 0 Å². The molecule has 1 rings (SSSR count). The molecule has 106 valence electrons. The van der Waals surface area contributed by atoms with E-state index in [4.69, 9.17) is 4.74 Å². The van der Waals surface area contributed by atoms with Gasteiger partial charge in [0.15, 0.2) is 0 Å². The van der Waals surface area contributed by atoms with E-state index in [2.05, 4.69) is 13.8 Å². The van der Waals surface area contributed by atoms with E-state index in [1.165, 1.54) is 51.4 Å². The van der Waals surface area contributed by atoms with Crippen molar-refractivity contribution < 1.29 is 9.53 Å². The molecular weight excluding hydrogens is 224 g/mol. The van der Waals surface area contributed by atoms with Crippen LogP contribution in [0, 0.1) is 11.8 Å². The van der Waals surface area contributed by atoms with Gasteiger partial charge < -0.3 is 4.74 Å². The van der Waals surface area contributed by atoms with Gasteiger partial charge in [0.1, 0.15) is 6.10 Å². The summed E-state index contributed by atoms with van der Waals surface area (Å²) in [5, 5.41) is 0. The van der Waals surface area contributed by atoms with Crippen LogP contribution in [0.5, 0.6) is 0 Å². The maximum absolute atomic E-state index is 11.2. The fourth-order valence-electron chi connectivity index (χ4n) is 3.22. The highest BCUT2D eigenvalue weighted by Gasteiger charge is 2.29. The Kier molecular flexibility index (Phi) is 7.38. The molecule has 0 aromatic heterocycles. The van der Waals surface area contributed by atoms with Gasteiger partial charge in [0.05, 0.1) is 0 Å². The van der Waals surface area contributed by atoms with Crippen molar-refractivity contribution in [1.29, 1.82) is 0 Å². The zero-order valence-electron chi connectivity index (χ0n) is 12.4. The van der Waals surface area contributed by atoms with E-state index in [0.717, 1.165) is 12.3 Å². The lowest BCUT2D eigenvalue weighted by molar-refractivity contribution is -0.151. The molecule has 0 radical (unpaired) electrons. The van der Waals surface area contributed by atoms with E-state index in [-0.39, 0.29) is 12.1 Å². The monoisotopic (exact) mass is 254 g/mol. The van der Waals surface area contributed by atoms with Crippen LogP contribution in [0.4, 0.5) is 0 Å². The third kappa shape index (κ3) is 5.41. The highest BCUT2D eigenvalue weighted by Crippen LogP contribution is 2.34. The smallest absolute Gasteiger partial charge is 0.302 e. The molecule has 0 heterocycles. The van der Waals surface area contributed by atoms with Gasteiger partial charge in [0, 0.05) is 6.92 Å². The van der Waals surface area contributed by atoms with Crippen LogP contribution < -0.4 is 0 Å². The Hall–Kier alpha value is -0.530. The van der Waals surface area contributed by atoms with Crippen molar-refractivity contribution in [2.24, 2.45) is 11.8 Å². The predicted molar refractivity (Wildman–Crippen MR) is 75.4 cm³/mol. The minimum absolute atomic E-state index is 0.103. The summed E-state index contributed by atoms with van der Waals surface area (Å²) in [6.45, 7) is 6.10. The van der Waals surface area contributed by atoms with Crippen molar-refractivity contribution in [2.75, 3.05) is 0 Å². The normalized spacial score (nSPS) is 25.7. The average molecular weight is 254 g/mol. The van der Waals surface area contributed by atoms with Crippen LogP contribution in [0.2, 0.25) is 0 Å². The fourth-order valence-corrected chi connectivity index (χ4v) is 3.22. The highest BCUT2D eigenvalue weighted by molar-refractivity contribution is 5.66. The Balaban J connectivity index is 2.46. The summed E-state index contributed by atoms with van der Waals surface area (Å²) in [7, 11) is 0. The molecular formula is C16H30O2. The standard InChI is InChI=1S/C16H30O2/c1-4-6-9-14(5-2)12-15-10-7-8-11-16(15)18-13(3)17/h14-16H,4-12H2,1-3H3/t14-,15+,16+/m0/s1. The van der Waals surface area contributed by atoms with Crippen molar-refractivity contribution in [3.63, 3.8) is 0 Å². The maximum atomic E-state index is 11.2. The van der Waals surface area contributed by atoms with Crippen LogP contribution in [-0.2, 0) is 9.53 Å². The summed E-state index contributed by atoms with van der Waals surface area (Å²) in [6.07, 6.45) is 11.6. The molecule has 0 aliphatic heterocycles. The molecule has 18 heavy (non-hydrogen) atoms. The molecule has 1 aliphatic carbocycles. The van der Waals surface area contributed by atoms with E-state index in [9.17, 15) is 4.79 Å². The number of rotatable bonds is 7. The number of hydrogen-bond acceptors (Lipinski definition) is 2. The number of carbonyl (C=O) groups excluding carboxylic acids is 1. The Morgan fingerprint density at radius 1 is 1.28 bits per heavy atom. The molecule has 1 fully saturated rings. The molecule has 0 N–H and O–H groups in total. The lowest BCUT2D eigenvalue weighted by atomic mass is 9.78. The largest absolute Gasteiger partial charge is 0.462 e. The van der Waals surface area contributed by atoms with Gasteiger partial charge in [-0.25, -0.2) is 0 Å². The Morgan fingerprint density at radius 2 is 2.00 bits per heavy atom. The van der Waals surface area contributed by atoms with Crippen molar-refractivity contribution >= 4 is 5.97 Å². The third-order valence-corrected chi connectivity index (χ3v) is 4.34. The van der Waals surface area contributed by atoms with Gasteiger partial charge in [0.25, 0.3) is 0 Å². The lowest BCUT2D eigenvalue weighted by Crippen LogP contribution is -2.30. The first kappa shape index (κ1) is 15.5. The van der Waals surface area contributed by atoms with Crippen molar-refractivity contribution in [1.82, 2.24) is 0 Å². The van der Waals surface area contributed by atoms with E-state index in [1.54, 1.807) is 6.92 Å². The van der Waals surface area contributed by atoms with E-state index < -0.39 is 0 Å². The second-order valence-corrected chi connectivity index (χ2v) is 5.84. The van der Waals surface area contributed by atoms with Gasteiger partial charge in [0.2, 0.25) is 0 Å². The van der Waals surface area contributed by atoms with Crippen LogP contribution in [0.1, 0.15) is 78.6 Å². The lowest BCUT2D eigenvalue weighted by Gasteiger charge is -2.33. The van der Waals surface area contributed by atoms with Gasteiger partial charge >= 0.3 is 5.97 Å². The quantitative estimate of drug-likeness (QED) is 0.615. The third-order valence-electron chi connectivity index (χ3n) is 4.34. The van der Waals surface area contributed by atoms with Crippen LogP contribution in [0.15, 0.2) is 0 Å². The van der Waals surface area contributed by atoms with Gasteiger partial charge in [-0.2, -0.15) is 0 Å². The Morgan fingerprint density at radius 3 is 2.61 bits per heavy atom. The number of ether oxygens (including phenoxy) is 1. The molecule has 2 nitrogen and oxygen atoms in total. The molecule has 2 heteroatoms. The van der Waals surface area contributed by atoms with Crippen LogP contribution in [-0.4, -0.2) is 12.1 Å². The predicted octanol–water partition coefficient (Wildman–Crippen LogP) is 4.71. The highest BCUT2D eigenvalue weighted by atomic mass is 16.5. The first-order chi connectivity index (χ1) is 8.67. The Labute approximate surface area is 112 Å². The molecule has 0 unspecified atom stereocenters. The molecule has 1 saturated carbocycles. The van der Waals surface area contributed by atoms with Crippen LogP contribution in [0.3, 0.4) is 0 Å². The summed E-state index contributed by atoms with van der Waals surface area (Å²) in [5.41, 5.74) is 0. The molecule has 0 bridgehead atoms. The number of carbonyl (C=O) groups is 1. The number of esters is 1. The summed E-state index contributed by atoms with van der Waals surface area (Å²) < 4.78 is 5.51. The molecule has 0 amide bonds. The summed E-state index contributed by atoms with van der Waals surface area (Å²) in [5.74, 6) is 1.34. The van der Waals surface area contributed by atoms with E-state index in [1.807, 2.05) is 0 Å². The average Bonchev–Trinajstić information content (AvgIpc) is 2.35. The van der Waals surface area contributed by atoms with Crippen LogP contribution in [0.25, 0.3) is 0 Å². The molecule has 1 aliphatic rings. The fraction of sp³-hybridized carbons (Fsp3) is 0.938. The SMILES string of the molecule is CCCC[C@H](CC)C[C@H]1CCCC[C@H]1OC(C)=O. The summed E-state index contributed by atoms with van der Waals surface area (Å²) in [4.78, 5) is 11.2. The van der Waals surface area contributed by atoms with Gasteiger partial charge in [-0.15, -0.1) is 0 Å². The molecule has 0 saturated heterocycles. The minimum atomic E-state index is -0.103. The molecule has 0 spiro atoms. The van der Waals surface area contributed by atoms with Gasteiger partial charge in [-0.05, 0) is 37.5 Å². The first-order valence-corrected chi connectivity index (χ1v) is 7.84. The van der Waals surface area contributed by atoms with Gasteiger partial charge in [-0.1, -0.05) is 46.0 Å². The molecule has 0 aromatic rings. The van der Waals surface area contributed by atoms with Gasteiger partial charge in [-0.3, -0.25) is 4.79 Å². The number of unbranched alkanes of at least 4 members (excludes halogenated alkanes) is 1. The molecule has 0 aromatic carbocycles. The van der Waals surface area contributed by atoms with Crippen LogP contribution >= 0.6 is 0 Å². The zero-order valence-corrected chi connectivity index (χ0v) is 12.4. The van der Waals surface area contributed by atoms with Crippen molar-refractivity contribution in [3.05, 3.63) is 0 Å². The Bertz CT molecular complexity index is 237. The number of hydrogen-bond donors (Lipinski definition) is 0. The topological polar surface area (TPSA) is 26.3 Å². The molecule has 3 atom stereocenters. The first-order valence-electron chi connectivity index (χ1n) is 7.84. The zero-order chi connectivity index (χ0) is 13.4. The second kappa shape index (κ2) is 8.55. The van der Waals surface area contributed by atoms with Crippen molar-refractivity contribution in [2.45, 2.75) is 84.7 Å². The maximum Gasteiger partial charge on any atom is 0.302 e. The summed E-state index contributed by atoms with van der Waals surface area (Å²) >= 11 is 0. The second-order valence-electron chi connectivity index (χ2n) is 5.84. The summed E-state index contributed by atoms with van der Waals surface area (Å²) in [6, 6.07) is 0.